The molecule has 31 heavy (non-hydrogen) atoms. The zero-order valence-corrected chi connectivity index (χ0v) is 17.5. The van der Waals surface area contributed by atoms with E-state index in [1.165, 1.54) is 4.90 Å². The Bertz CT molecular complexity index is 1410. The molecule has 0 fully saturated rings. The van der Waals surface area contributed by atoms with Crippen LogP contribution in [0.2, 0.25) is 5.02 Å². The van der Waals surface area contributed by atoms with E-state index in [9.17, 15) is 14.9 Å². The zero-order chi connectivity index (χ0) is 21.7. The van der Waals surface area contributed by atoms with Crippen LogP contribution in [0.15, 0.2) is 48.7 Å². The topological polar surface area (TPSA) is 78.5 Å². The summed E-state index contributed by atoms with van der Waals surface area (Å²) in [4.78, 5) is 31.1. The van der Waals surface area contributed by atoms with E-state index in [1.54, 1.807) is 24.3 Å². The first-order valence-corrected chi connectivity index (χ1v) is 10.3. The van der Waals surface area contributed by atoms with E-state index < -0.39 is 0 Å². The molecule has 0 bridgehead atoms. The number of imide groups is 1. The lowest BCUT2D eigenvalue weighted by atomic mass is 9.97. The molecular formula is C24H17ClN4O2. The normalized spacial score (nSPS) is 13.3. The molecule has 5 rings (SSSR count). The molecule has 152 valence electrons. The van der Waals surface area contributed by atoms with Gasteiger partial charge in [0.15, 0.2) is 0 Å². The molecular weight excluding hydrogens is 412 g/mol. The molecule has 0 unspecified atom stereocenters. The molecule has 0 radical (unpaired) electrons. The average molecular weight is 429 g/mol. The smallest absolute Gasteiger partial charge is 0.261 e. The minimum atomic E-state index is -0.265. The van der Waals surface area contributed by atoms with Gasteiger partial charge in [-0.1, -0.05) is 29.8 Å². The fourth-order valence-corrected chi connectivity index (χ4v) is 4.72. The molecule has 0 saturated carbocycles. The Balaban J connectivity index is 1.48. The van der Waals surface area contributed by atoms with Crippen LogP contribution in [0.5, 0.6) is 0 Å². The maximum atomic E-state index is 12.6. The number of carbonyl (C=O) groups is 2. The molecule has 1 aliphatic heterocycles. The Hall–Kier alpha value is -3.69. The molecule has 1 aliphatic rings. The summed E-state index contributed by atoms with van der Waals surface area (Å²) in [6, 6.07) is 14.8. The van der Waals surface area contributed by atoms with Gasteiger partial charge in [-0.25, -0.2) is 4.98 Å². The number of nitriles is 1. The van der Waals surface area contributed by atoms with Crippen molar-refractivity contribution in [3.63, 3.8) is 0 Å². The van der Waals surface area contributed by atoms with Crippen LogP contribution in [0.1, 0.15) is 43.8 Å². The first-order chi connectivity index (χ1) is 15.0. The summed E-state index contributed by atoms with van der Waals surface area (Å²) >= 11 is 6.80. The van der Waals surface area contributed by atoms with E-state index in [2.05, 4.69) is 11.1 Å². The van der Waals surface area contributed by atoms with Crippen molar-refractivity contribution < 1.29 is 9.59 Å². The second-order valence-electron chi connectivity index (χ2n) is 7.55. The maximum Gasteiger partial charge on any atom is 0.261 e. The average Bonchev–Trinajstić information content (AvgIpc) is 3.27. The van der Waals surface area contributed by atoms with E-state index in [0.717, 1.165) is 16.8 Å². The number of halogens is 1. The molecule has 0 aliphatic carbocycles. The van der Waals surface area contributed by atoms with E-state index in [0.29, 0.717) is 45.6 Å². The summed E-state index contributed by atoms with van der Waals surface area (Å²) < 4.78 is 1.88. The molecule has 0 spiro atoms. The molecule has 7 heteroatoms. The van der Waals surface area contributed by atoms with Crippen molar-refractivity contribution in [3.05, 3.63) is 81.5 Å². The molecule has 2 aromatic heterocycles. The number of imidazole rings is 1. The van der Waals surface area contributed by atoms with Crippen molar-refractivity contribution in [2.45, 2.75) is 19.8 Å². The van der Waals surface area contributed by atoms with Gasteiger partial charge in [0.25, 0.3) is 11.8 Å². The number of carbonyl (C=O) groups excluding carboxylic acids is 2. The second-order valence-corrected chi connectivity index (χ2v) is 7.93. The number of rotatable bonds is 4. The van der Waals surface area contributed by atoms with Crippen molar-refractivity contribution in [1.82, 2.24) is 14.3 Å². The van der Waals surface area contributed by atoms with E-state index >= 15 is 0 Å². The summed E-state index contributed by atoms with van der Waals surface area (Å²) in [5.41, 5.74) is 5.02. The van der Waals surface area contributed by atoms with Gasteiger partial charge in [-0.3, -0.25) is 18.9 Å². The Morgan fingerprint density at radius 1 is 1.06 bits per heavy atom. The van der Waals surface area contributed by atoms with Crippen molar-refractivity contribution in [2.75, 3.05) is 6.54 Å². The lowest BCUT2D eigenvalue weighted by Gasteiger charge is -2.16. The lowest BCUT2D eigenvalue weighted by Crippen LogP contribution is -2.31. The van der Waals surface area contributed by atoms with Crippen LogP contribution in [-0.2, 0) is 6.42 Å². The molecule has 0 saturated heterocycles. The predicted octanol–water partition coefficient (Wildman–Crippen LogP) is 4.55. The van der Waals surface area contributed by atoms with Crippen LogP contribution in [-0.4, -0.2) is 32.6 Å². The number of hydrogen-bond acceptors (Lipinski definition) is 4. The predicted molar refractivity (Wildman–Crippen MR) is 117 cm³/mol. The van der Waals surface area contributed by atoms with Gasteiger partial charge in [-0.15, -0.1) is 0 Å². The summed E-state index contributed by atoms with van der Waals surface area (Å²) in [6.07, 6.45) is 2.94. The van der Waals surface area contributed by atoms with Crippen molar-refractivity contribution in [3.8, 4) is 6.07 Å². The number of pyridine rings is 1. The van der Waals surface area contributed by atoms with Gasteiger partial charge in [-0.2, -0.15) is 5.26 Å². The van der Waals surface area contributed by atoms with Gasteiger partial charge in [-0.05, 0) is 55.2 Å². The Morgan fingerprint density at radius 2 is 1.74 bits per heavy atom. The van der Waals surface area contributed by atoms with Crippen LogP contribution in [0.3, 0.4) is 0 Å². The highest BCUT2D eigenvalue weighted by molar-refractivity contribution is 6.36. The van der Waals surface area contributed by atoms with Gasteiger partial charge in [0.05, 0.1) is 27.2 Å². The summed E-state index contributed by atoms with van der Waals surface area (Å²) in [6.45, 7) is 2.15. The number of aromatic nitrogens is 2. The maximum absolute atomic E-state index is 12.6. The Morgan fingerprint density at radius 3 is 2.42 bits per heavy atom. The standard InChI is InChI=1S/C24H17ClN4O2/c1-14-15(9-6-12-29-23(30)16-7-2-3-8-17(16)24(29)31)20(25)22-21(18(14)13-26)27-19-10-4-5-11-28(19)22/h2-5,7-8,10-11H,6,9,12H2,1H3. The molecule has 0 N–H and O–H groups in total. The highest BCUT2D eigenvalue weighted by Gasteiger charge is 2.34. The largest absolute Gasteiger partial charge is 0.298 e. The van der Waals surface area contributed by atoms with E-state index in [1.807, 2.05) is 35.7 Å². The molecule has 2 amide bonds. The van der Waals surface area contributed by atoms with E-state index in [-0.39, 0.29) is 18.4 Å². The number of fused-ring (bicyclic) bond motifs is 4. The lowest BCUT2D eigenvalue weighted by molar-refractivity contribution is 0.0652. The third-order valence-corrected chi connectivity index (χ3v) is 6.27. The third-order valence-electron chi connectivity index (χ3n) is 5.87. The van der Waals surface area contributed by atoms with Crippen molar-refractivity contribution in [2.24, 2.45) is 0 Å². The first-order valence-electron chi connectivity index (χ1n) is 9.96. The van der Waals surface area contributed by atoms with Gasteiger partial charge in [0, 0.05) is 12.7 Å². The van der Waals surface area contributed by atoms with Crippen LogP contribution >= 0.6 is 11.6 Å². The Labute approximate surface area is 183 Å². The van der Waals surface area contributed by atoms with Gasteiger partial charge in [0.2, 0.25) is 0 Å². The SMILES string of the molecule is Cc1c(CCCN2C(=O)c3ccccc3C2=O)c(Cl)c2c(nc3ccccn32)c1C#N. The molecule has 4 aromatic rings. The fraction of sp³-hybridized carbons (Fsp3) is 0.167. The van der Waals surface area contributed by atoms with Crippen LogP contribution < -0.4 is 0 Å². The minimum Gasteiger partial charge on any atom is -0.298 e. The zero-order valence-electron chi connectivity index (χ0n) is 16.7. The first kappa shape index (κ1) is 19.3. The molecule has 2 aromatic carbocycles. The van der Waals surface area contributed by atoms with Crippen molar-refractivity contribution in [1.29, 1.82) is 5.26 Å². The number of hydrogen-bond donors (Lipinski definition) is 0. The number of nitrogens with zero attached hydrogens (tertiary/aromatic N) is 4. The number of amides is 2. The number of benzene rings is 2. The van der Waals surface area contributed by atoms with Gasteiger partial charge < -0.3 is 0 Å². The van der Waals surface area contributed by atoms with Gasteiger partial charge in [0.1, 0.15) is 17.2 Å². The third kappa shape index (κ3) is 2.82. The quantitative estimate of drug-likeness (QED) is 0.447. The highest BCUT2D eigenvalue weighted by atomic mass is 35.5. The molecule has 0 atom stereocenters. The summed E-state index contributed by atoms with van der Waals surface area (Å²) in [5, 5.41) is 10.3. The molecule has 3 heterocycles. The van der Waals surface area contributed by atoms with Crippen LogP contribution in [0.25, 0.3) is 16.7 Å². The van der Waals surface area contributed by atoms with Crippen LogP contribution in [0, 0.1) is 18.3 Å². The second kappa shape index (κ2) is 7.22. The minimum absolute atomic E-state index is 0.265. The summed E-state index contributed by atoms with van der Waals surface area (Å²) in [5.74, 6) is -0.531. The van der Waals surface area contributed by atoms with Crippen molar-refractivity contribution >= 4 is 40.1 Å². The summed E-state index contributed by atoms with van der Waals surface area (Å²) in [7, 11) is 0. The van der Waals surface area contributed by atoms with Crippen LogP contribution in [0.4, 0.5) is 0 Å². The fourth-order valence-electron chi connectivity index (χ4n) is 4.31. The monoisotopic (exact) mass is 428 g/mol. The highest BCUT2D eigenvalue weighted by Crippen LogP contribution is 2.35. The molecule has 6 nitrogen and oxygen atoms in total. The van der Waals surface area contributed by atoms with Gasteiger partial charge >= 0.3 is 0 Å². The Kier molecular flexibility index (Phi) is 4.49. The van der Waals surface area contributed by atoms with E-state index in [4.69, 9.17) is 11.6 Å².